The standard InChI is InChI=1S/C25H30.C2H6.H2/c1-5-9-18(3)15-20-13-14-22-17-21-11-7-8-12-24(21)23(10-6-2)19(4)25(22)16-20;1-2;/h7-8,11-14,16,23H,3-6,9-10,15,17H2,1-2H3;1-2H3;1H. The molecular weight excluding hydrogens is 324 g/mol. The van der Waals surface area contributed by atoms with Gasteiger partial charge in [0.05, 0.1) is 0 Å². The number of rotatable bonds is 6. The summed E-state index contributed by atoms with van der Waals surface area (Å²) in [6.45, 7) is 17.3. The van der Waals surface area contributed by atoms with Crippen LogP contribution in [-0.2, 0) is 12.8 Å². The Labute approximate surface area is 168 Å². The Balaban J connectivity index is 0.00000127. The lowest BCUT2D eigenvalue weighted by Gasteiger charge is -2.20. The molecule has 0 heterocycles. The highest BCUT2D eigenvalue weighted by molar-refractivity contribution is 5.75. The smallest absolute Gasteiger partial charge is 0.00922 e. The molecule has 1 aliphatic carbocycles. The maximum atomic E-state index is 4.55. The van der Waals surface area contributed by atoms with Crippen molar-refractivity contribution in [2.45, 2.75) is 72.1 Å². The fourth-order valence-electron chi connectivity index (χ4n) is 4.15. The van der Waals surface area contributed by atoms with Crippen LogP contribution in [-0.4, -0.2) is 0 Å². The molecular formula is C27H38. The lowest BCUT2D eigenvalue weighted by atomic mass is 9.84. The number of hydrogen-bond donors (Lipinski definition) is 0. The number of hydrogen-bond acceptors (Lipinski definition) is 0. The van der Waals surface area contributed by atoms with Crippen molar-refractivity contribution in [2.24, 2.45) is 0 Å². The van der Waals surface area contributed by atoms with E-state index in [-0.39, 0.29) is 1.43 Å². The maximum Gasteiger partial charge on any atom is 0.00922 e. The van der Waals surface area contributed by atoms with Gasteiger partial charge in [-0.1, -0.05) is 102 Å². The molecule has 2 aromatic carbocycles. The van der Waals surface area contributed by atoms with E-state index in [4.69, 9.17) is 0 Å². The molecule has 0 saturated heterocycles. The van der Waals surface area contributed by atoms with Crippen LogP contribution in [0.4, 0.5) is 0 Å². The summed E-state index contributed by atoms with van der Waals surface area (Å²) >= 11 is 0. The average Bonchev–Trinajstić information content (AvgIpc) is 2.79. The van der Waals surface area contributed by atoms with Gasteiger partial charge in [0, 0.05) is 7.34 Å². The first-order chi connectivity index (χ1) is 13.1. The van der Waals surface area contributed by atoms with Crippen molar-refractivity contribution in [3.8, 4) is 0 Å². The summed E-state index contributed by atoms with van der Waals surface area (Å²) in [5, 5.41) is 0. The third kappa shape index (κ3) is 5.01. The third-order valence-corrected chi connectivity index (χ3v) is 5.39. The minimum Gasteiger partial charge on any atom is -0.0995 e. The van der Waals surface area contributed by atoms with Crippen molar-refractivity contribution in [3.05, 3.63) is 89.0 Å². The summed E-state index contributed by atoms with van der Waals surface area (Å²) in [6, 6.07) is 15.9. The van der Waals surface area contributed by atoms with E-state index in [1.54, 1.807) is 0 Å². The van der Waals surface area contributed by atoms with Gasteiger partial charge in [-0.15, -0.1) is 0 Å². The van der Waals surface area contributed by atoms with Gasteiger partial charge in [-0.25, -0.2) is 0 Å². The van der Waals surface area contributed by atoms with Crippen LogP contribution >= 0.6 is 0 Å². The van der Waals surface area contributed by atoms with E-state index in [9.17, 15) is 0 Å². The van der Waals surface area contributed by atoms with Gasteiger partial charge in [0.25, 0.3) is 0 Å². The molecule has 2 aromatic rings. The minimum atomic E-state index is 0. The van der Waals surface area contributed by atoms with Gasteiger partial charge in [-0.2, -0.15) is 0 Å². The Morgan fingerprint density at radius 1 is 1.04 bits per heavy atom. The van der Waals surface area contributed by atoms with Gasteiger partial charge in [0.2, 0.25) is 0 Å². The van der Waals surface area contributed by atoms with E-state index in [1.165, 1.54) is 58.2 Å². The van der Waals surface area contributed by atoms with Gasteiger partial charge in [-0.05, 0) is 59.1 Å². The summed E-state index contributed by atoms with van der Waals surface area (Å²) in [6.07, 6.45) is 6.63. The molecule has 0 radical (unpaired) electrons. The van der Waals surface area contributed by atoms with Gasteiger partial charge in [-0.3, -0.25) is 0 Å². The number of fused-ring (bicyclic) bond motifs is 2. The summed E-state index contributed by atoms with van der Waals surface area (Å²) < 4.78 is 0. The van der Waals surface area contributed by atoms with E-state index in [1.807, 2.05) is 13.8 Å². The van der Waals surface area contributed by atoms with Crippen LogP contribution < -0.4 is 0 Å². The topological polar surface area (TPSA) is 0 Å². The van der Waals surface area contributed by atoms with Crippen molar-refractivity contribution in [1.82, 2.24) is 0 Å². The molecule has 0 heteroatoms. The van der Waals surface area contributed by atoms with Crippen molar-refractivity contribution in [2.75, 3.05) is 0 Å². The summed E-state index contributed by atoms with van der Waals surface area (Å²) in [5.41, 5.74) is 9.73. The molecule has 1 aliphatic rings. The van der Waals surface area contributed by atoms with E-state index in [0.717, 1.165) is 19.3 Å². The van der Waals surface area contributed by atoms with E-state index >= 15 is 0 Å². The van der Waals surface area contributed by atoms with Gasteiger partial charge < -0.3 is 0 Å². The summed E-state index contributed by atoms with van der Waals surface area (Å²) in [7, 11) is 0. The van der Waals surface area contributed by atoms with E-state index in [0.29, 0.717) is 5.92 Å². The molecule has 3 rings (SSSR count). The second kappa shape index (κ2) is 10.3. The quantitative estimate of drug-likeness (QED) is 0.453. The van der Waals surface area contributed by atoms with E-state index in [2.05, 4.69) is 69.5 Å². The van der Waals surface area contributed by atoms with E-state index < -0.39 is 0 Å². The molecule has 0 spiro atoms. The molecule has 0 aromatic heterocycles. The number of allylic oxidation sites excluding steroid dienone is 2. The molecule has 0 bridgehead atoms. The minimum absolute atomic E-state index is 0. The zero-order valence-corrected chi connectivity index (χ0v) is 17.8. The largest absolute Gasteiger partial charge is 0.0995 e. The highest BCUT2D eigenvalue weighted by Crippen LogP contribution is 2.41. The highest BCUT2D eigenvalue weighted by Gasteiger charge is 2.24. The predicted octanol–water partition coefficient (Wildman–Crippen LogP) is 8.36. The normalized spacial score (nSPS) is 15.1. The molecule has 1 unspecified atom stereocenters. The van der Waals surface area contributed by atoms with Gasteiger partial charge in [0.15, 0.2) is 0 Å². The van der Waals surface area contributed by atoms with Crippen molar-refractivity contribution >= 4 is 5.57 Å². The fourth-order valence-corrected chi connectivity index (χ4v) is 4.15. The molecule has 0 saturated carbocycles. The zero-order valence-electron chi connectivity index (χ0n) is 17.8. The fraction of sp³-hybridized carbons (Fsp3) is 0.407. The molecule has 27 heavy (non-hydrogen) atoms. The molecule has 1 atom stereocenters. The first-order valence-corrected chi connectivity index (χ1v) is 10.7. The molecule has 146 valence electrons. The van der Waals surface area contributed by atoms with Crippen molar-refractivity contribution in [3.63, 3.8) is 0 Å². The lowest BCUT2D eigenvalue weighted by molar-refractivity contribution is 0.729. The van der Waals surface area contributed by atoms with Crippen LogP contribution in [0.2, 0.25) is 0 Å². The van der Waals surface area contributed by atoms with Crippen molar-refractivity contribution in [1.29, 1.82) is 0 Å². The van der Waals surface area contributed by atoms with Crippen LogP contribution in [0.15, 0.2) is 61.2 Å². The molecule has 0 nitrogen and oxygen atoms in total. The Morgan fingerprint density at radius 3 is 2.48 bits per heavy atom. The lowest BCUT2D eigenvalue weighted by Crippen LogP contribution is -2.02. The Hall–Kier alpha value is -2.08. The number of benzene rings is 2. The average molecular weight is 363 g/mol. The van der Waals surface area contributed by atoms with Crippen LogP contribution in [0.25, 0.3) is 5.57 Å². The van der Waals surface area contributed by atoms with Crippen LogP contribution in [0.5, 0.6) is 0 Å². The highest BCUT2D eigenvalue weighted by atomic mass is 14.3. The third-order valence-electron chi connectivity index (χ3n) is 5.39. The Kier molecular flexibility index (Phi) is 8.10. The maximum absolute atomic E-state index is 4.55. The first kappa shape index (κ1) is 21.2. The SMILES string of the molecule is C=C(CCC)Cc1ccc2c(c1)C(=C)C(CCC)c1ccccc1C2.CC.[HH]. The second-order valence-electron chi connectivity index (χ2n) is 7.41. The Bertz CT molecular complexity index is 785. The first-order valence-electron chi connectivity index (χ1n) is 10.7. The van der Waals surface area contributed by atoms with Crippen molar-refractivity contribution < 1.29 is 1.43 Å². The van der Waals surface area contributed by atoms with Gasteiger partial charge >= 0.3 is 0 Å². The second-order valence-corrected chi connectivity index (χ2v) is 7.41. The molecule has 0 aliphatic heterocycles. The molecule has 0 fully saturated rings. The molecule has 0 N–H and O–H groups in total. The summed E-state index contributed by atoms with van der Waals surface area (Å²) in [5.74, 6) is 0.441. The molecule has 0 amide bonds. The Morgan fingerprint density at radius 2 is 1.78 bits per heavy atom. The zero-order chi connectivity index (χ0) is 19.8. The summed E-state index contributed by atoms with van der Waals surface area (Å²) in [4.78, 5) is 0. The van der Waals surface area contributed by atoms with Gasteiger partial charge in [0.1, 0.15) is 0 Å². The van der Waals surface area contributed by atoms with Crippen LogP contribution in [0.3, 0.4) is 0 Å². The monoisotopic (exact) mass is 362 g/mol. The van der Waals surface area contributed by atoms with Crippen LogP contribution in [0.1, 0.15) is 88.5 Å². The predicted molar refractivity (Wildman–Crippen MR) is 124 cm³/mol. The van der Waals surface area contributed by atoms with Crippen LogP contribution in [0, 0.1) is 0 Å².